The van der Waals surface area contributed by atoms with Gasteiger partial charge in [0.1, 0.15) is 0 Å². The normalized spacial score (nSPS) is 20.0. The van der Waals surface area contributed by atoms with Crippen LogP contribution in [0.1, 0.15) is 46.0 Å². The second-order valence-corrected chi connectivity index (χ2v) is 5.01. The maximum Gasteiger partial charge on any atom is 0.0613 e. The van der Waals surface area contributed by atoms with Gasteiger partial charge in [0.2, 0.25) is 0 Å². The van der Waals surface area contributed by atoms with Crippen LogP contribution in [0.5, 0.6) is 0 Å². The number of aliphatic hydroxyl groups excluding tert-OH is 2. The molecule has 0 saturated heterocycles. The summed E-state index contributed by atoms with van der Waals surface area (Å²) in [6, 6.07) is 0. The van der Waals surface area contributed by atoms with E-state index in [4.69, 9.17) is 0 Å². The molecule has 0 aromatic heterocycles. The lowest BCUT2D eigenvalue weighted by Gasteiger charge is -2.44. The molecule has 0 radical (unpaired) electrons. The Bertz CT molecular complexity index is 172. The van der Waals surface area contributed by atoms with Crippen LogP contribution < -0.4 is 5.32 Å². The van der Waals surface area contributed by atoms with Gasteiger partial charge in [0.15, 0.2) is 0 Å². The Balaban J connectivity index is 2.45. The molecule has 0 aromatic rings. The van der Waals surface area contributed by atoms with Crippen LogP contribution in [-0.4, -0.2) is 35.5 Å². The van der Waals surface area contributed by atoms with E-state index in [9.17, 15) is 10.2 Å². The van der Waals surface area contributed by atoms with Crippen LogP contribution >= 0.6 is 0 Å². The Morgan fingerprint density at radius 1 is 1.20 bits per heavy atom. The molecule has 3 nitrogen and oxygen atoms in total. The molecule has 3 heteroatoms. The summed E-state index contributed by atoms with van der Waals surface area (Å²) in [5.74, 6) is 0. The highest BCUT2D eigenvalue weighted by Gasteiger charge is 2.38. The van der Waals surface area contributed by atoms with E-state index in [0.717, 1.165) is 32.2 Å². The Morgan fingerprint density at radius 3 is 2.07 bits per heavy atom. The number of nitrogens with one attached hydrogen (secondary N) is 1. The number of aliphatic hydroxyl groups is 2. The van der Waals surface area contributed by atoms with E-state index in [0.29, 0.717) is 0 Å². The summed E-state index contributed by atoms with van der Waals surface area (Å²) in [6.45, 7) is 5.51. The minimum atomic E-state index is -0.0369. The smallest absolute Gasteiger partial charge is 0.0613 e. The molecule has 0 aliphatic heterocycles. The van der Waals surface area contributed by atoms with Gasteiger partial charge in [0.05, 0.1) is 6.61 Å². The summed E-state index contributed by atoms with van der Waals surface area (Å²) in [4.78, 5) is 0. The van der Waals surface area contributed by atoms with Gasteiger partial charge in [-0.25, -0.2) is 0 Å². The fourth-order valence-corrected chi connectivity index (χ4v) is 2.15. The molecule has 1 aliphatic rings. The van der Waals surface area contributed by atoms with Gasteiger partial charge in [-0.15, -0.1) is 0 Å². The van der Waals surface area contributed by atoms with Crippen molar-refractivity contribution in [2.45, 2.75) is 51.5 Å². The first-order valence-electron chi connectivity index (χ1n) is 6.13. The van der Waals surface area contributed by atoms with E-state index in [2.05, 4.69) is 19.2 Å². The highest BCUT2D eigenvalue weighted by atomic mass is 16.3. The quantitative estimate of drug-likeness (QED) is 0.600. The molecule has 1 saturated carbocycles. The first-order valence-corrected chi connectivity index (χ1v) is 6.13. The molecule has 3 N–H and O–H groups in total. The zero-order valence-corrected chi connectivity index (χ0v) is 10.1. The minimum Gasteiger partial charge on any atom is -0.396 e. The van der Waals surface area contributed by atoms with Crippen molar-refractivity contribution < 1.29 is 10.2 Å². The van der Waals surface area contributed by atoms with Gasteiger partial charge in [-0.05, 0) is 32.1 Å². The first-order chi connectivity index (χ1) is 7.16. The maximum absolute atomic E-state index is 9.43. The van der Waals surface area contributed by atoms with E-state index >= 15 is 0 Å². The van der Waals surface area contributed by atoms with Crippen molar-refractivity contribution in [2.75, 3.05) is 19.8 Å². The van der Waals surface area contributed by atoms with Gasteiger partial charge in [-0.1, -0.05) is 13.8 Å². The van der Waals surface area contributed by atoms with Gasteiger partial charge in [-0.3, -0.25) is 0 Å². The van der Waals surface area contributed by atoms with Gasteiger partial charge in [0, 0.05) is 24.1 Å². The standard InChI is InChI=1S/C12H25NO2/c1-3-11(4-2,9-14)8-13-12(10-15)6-5-7-12/h13-15H,3-10H2,1-2H3. The summed E-state index contributed by atoms with van der Waals surface area (Å²) >= 11 is 0. The lowest BCUT2D eigenvalue weighted by Crippen LogP contribution is -2.57. The third-order valence-electron chi connectivity index (χ3n) is 4.29. The zero-order chi connectivity index (χ0) is 11.4. The van der Waals surface area contributed by atoms with E-state index in [1.807, 2.05) is 0 Å². The Morgan fingerprint density at radius 2 is 1.80 bits per heavy atom. The van der Waals surface area contributed by atoms with Gasteiger partial charge in [0.25, 0.3) is 0 Å². The monoisotopic (exact) mass is 215 g/mol. The fourth-order valence-electron chi connectivity index (χ4n) is 2.15. The Hall–Kier alpha value is -0.120. The predicted octanol–water partition coefficient (Wildman–Crippen LogP) is 1.29. The Kier molecular flexibility index (Phi) is 4.56. The summed E-state index contributed by atoms with van der Waals surface area (Å²) < 4.78 is 0. The molecule has 0 aromatic carbocycles. The molecular formula is C12H25NO2. The molecule has 0 atom stereocenters. The molecule has 0 heterocycles. The molecule has 1 aliphatic carbocycles. The average Bonchev–Trinajstić information content (AvgIpc) is 2.24. The van der Waals surface area contributed by atoms with E-state index in [1.165, 1.54) is 6.42 Å². The van der Waals surface area contributed by atoms with Crippen LogP contribution in [0.2, 0.25) is 0 Å². The topological polar surface area (TPSA) is 52.5 Å². The number of rotatable bonds is 7. The fraction of sp³-hybridized carbons (Fsp3) is 1.00. The van der Waals surface area contributed by atoms with E-state index < -0.39 is 0 Å². The Labute approximate surface area is 92.9 Å². The van der Waals surface area contributed by atoms with Crippen LogP contribution in [0.4, 0.5) is 0 Å². The van der Waals surface area contributed by atoms with Crippen LogP contribution in [0, 0.1) is 5.41 Å². The zero-order valence-electron chi connectivity index (χ0n) is 10.1. The maximum atomic E-state index is 9.43. The largest absolute Gasteiger partial charge is 0.396 e. The van der Waals surface area contributed by atoms with Gasteiger partial charge >= 0.3 is 0 Å². The molecule has 90 valence electrons. The second kappa shape index (κ2) is 5.28. The summed E-state index contributed by atoms with van der Waals surface area (Å²) in [5.41, 5.74) is -0.0392. The summed E-state index contributed by atoms with van der Waals surface area (Å²) in [7, 11) is 0. The molecular weight excluding hydrogens is 190 g/mol. The average molecular weight is 215 g/mol. The minimum absolute atomic E-state index is 0.00222. The van der Waals surface area contributed by atoms with Gasteiger partial charge < -0.3 is 15.5 Å². The second-order valence-electron chi connectivity index (χ2n) is 5.01. The van der Waals surface area contributed by atoms with Crippen molar-refractivity contribution in [3.63, 3.8) is 0 Å². The summed E-state index contributed by atoms with van der Waals surface area (Å²) in [6.07, 6.45) is 5.30. The van der Waals surface area contributed by atoms with Gasteiger partial charge in [-0.2, -0.15) is 0 Å². The molecule has 0 amide bonds. The van der Waals surface area contributed by atoms with Crippen molar-refractivity contribution >= 4 is 0 Å². The molecule has 0 bridgehead atoms. The lowest BCUT2D eigenvalue weighted by atomic mass is 9.75. The van der Waals surface area contributed by atoms with Crippen LogP contribution in [0.25, 0.3) is 0 Å². The molecule has 0 unspecified atom stereocenters. The van der Waals surface area contributed by atoms with Crippen LogP contribution in [0.15, 0.2) is 0 Å². The van der Waals surface area contributed by atoms with Crippen molar-refractivity contribution in [1.82, 2.24) is 5.32 Å². The van der Waals surface area contributed by atoms with E-state index in [1.54, 1.807) is 0 Å². The first kappa shape index (κ1) is 12.9. The van der Waals surface area contributed by atoms with Crippen LogP contribution in [-0.2, 0) is 0 Å². The molecule has 0 spiro atoms. The third-order valence-corrected chi connectivity index (χ3v) is 4.29. The highest BCUT2D eigenvalue weighted by molar-refractivity contribution is 4.97. The lowest BCUT2D eigenvalue weighted by molar-refractivity contribution is 0.0513. The van der Waals surface area contributed by atoms with Crippen molar-refractivity contribution in [1.29, 1.82) is 0 Å². The summed E-state index contributed by atoms with van der Waals surface area (Å²) in [5, 5.41) is 22.2. The molecule has 1 rings (SSSR count). The number of hydrogen-bond donors (Lipinski definition) is 3. The van der Waals surface area contributed by atoms with E-state index in [-0.39, 0.29) is 24.2 Å². The highest BCUT2D eigenvalue weighted by Crippen LogP contribution is 2.33. The SMILES string of the molecule is CCC(CC)(CO)CNC1(CO)CCC1. The number of hydrogen-bond acceptors (Lipinski definition) is 3. The predicted molar refractivity (Wildman–Crippen MR) is 61.8 cm³/mol. The third kappa shape index (κ3) is 2.71. The van der Waals surface area contributed by atoms with Crippen LogP contribution in [0.3, 0.4) is 0 Å². The van der Waals surface area contributed by atoms with Crippen molar-refractivity contribution in [3.8, 4) is 0 Å². The van der Waals surface area contributed by atoms with Crippen molar-refractivity contribution in [3.05, 3.63) is 0 Å². The molecule has 1 fully saturated rings. The molecule has 15 heavy (non-hydrogen) atoms. The van der Waals surface area contributed by atoms with Crippen molar-refractivity contribution in [2.24, 2.45) is 5.41 Å².